The Morgan fingerprint density at radius 1 is 1.25 bits per heavy atom. The first-order chi connectivity index (χ1) is 9.65. The van der Waals surface area contributed by atoms with Crippen LogP contribution in [0.1, 0.15) is 16.7 Å². The number of nitrogens with one attached hydrogen (secondary N) is 1. The Hall–Kier alpha value is -1.65. The molecule has 2 aromatic rings. The van der Waals surface area contributed by atoms with Crippen LogP contribution in [0.4, 0.5) is 0 Å². The maximum atomic E-state index is 12.3. The highest BCUT2D eigenvalue weighted by Crippen LogP contribution is 2.20. The summed E-state index contributed by atoms with van der Waals surface area (Å²) in [6, 6.07) is 6.15. The van der Waals surface area contributed by atoms with Gasteiger partial charge in [0.1, 0.15) is 0 Å². The van der Waals surface area contributed by atoms with Crippen LogP contribution < -0.4 is 5.56 Å². The fourth-order valence-corrected chi connectivity index (χ4v) is 2.78. The molecule has 1 N–H and O–H groups in total. The molecular formula is C16H20N2O2. The average molecular weight is 272 g/mol. The zero-order chi connectivity index (χ0) is 14.1. The van der Waals surface area contributed by atoms with Gasteiger partial charge < -0.3 is 9.72 Å². The third-order valence-electron chi connectivity index (χ3n) is 4.04. The van der Waals surface area contributed by atoms with Gasteiger partial charge in [-0.3, -0.25) is 9.69 Å². The molecule has 4 heteroatoms. The standard InChI is InChI=1S/C16H20N2O2/c1-11-3-4-15-13(9-11)12(2)14(16(19)17-15)10-18-5-7-20-8-6-18/h3-4,9H,5-8,10H2,1-2H3,(H,17,19). The van der Waals surface area contributed by atoms with Crippen molar-refractivity contribution in [2.75, 3.05) is 26.3 Å². The van der Waals surface area contributed by atoms with E-state index in [-0.39, 0.29) is 5.56 Å². The molecule has 20 heavy (non-hydrogen) atoms. The van der Waals surface area contributed by atoms with Crippen molar-refractivity contribution >= 4 is 10.9 Å². The van der Waals surface area contributed by atoms with Gasteiger partial charge in [0.15, 0.2) is 0 Å². The number of rotatable bonds is 2. The lowest BCUT2D eigenvalue weighted by molar-refractivity contribution is 0.0339. The molecular weight excluding hydrogens is 252 g/mol. The first-order valence-corrected chi connectivity index (χ1v) is 7.07. The number of benzene rings is 1. The lowest BCUT2D eigenvalue weighted by Gasteiger charge is -2.27. The zero-order valence-electron chi connectivity index (χ0n) is 12.0. The van der Waals surface area contributed by atoms with Crippen molar-refractivity contribution in [2.45, 2.75) is 20.4 Å². The third kappa shape index (κ3) is 2.49. The van der Waals surface area contributed by atoms with Crippen molar-refractivity contribution in [1.29, 1.82) is 0 Å². The minimum atomic E-state index is 0.0327. The van der Waals surface area contributed by atoms with Crippen molar-refractivity contribution in [3.63, 3.8) is 0 Å². The molecule has 1 aliphatic heterocycles. The largest absolute Gasteiger partial charge is 0.379 e. The maximum Gasteiger partial charge on any atom is 0.253 e. The number of H-pyrrole nitrogens is 1. The zero-order valence-corrected chi connectivity index (χ0v) is 12.0. The van der Waals surface area contributed by atoms with Gasteiger partial charge >= 0.3 is 0 Å². The average Bonchev–Trinajstić information content (AvgIpc) is 2.46. The molecule has 1 fully saturated rings. The number of ether oxygens (including phenoxy) is 1. The maximum absolute atomic E-state index is 12.3. The van der Waals surface area contributed by atoms with Crippen molar-refractivity contribution in [3.05, 3.63) is 45.2 Å². The fourth-order valence-electron chi connectivity index (χ4n) is 2.78. The number of fused-ring (bicyclic) bond motifs is 1. The van der Waals surface area contributed by atoms with Crippen LogP contribution in [0.5, 0.6) is 0 Å². The third-order valence-corrected chi connectivity index (χ3v) is 4.04. The number of nitrogens with zero attached hydrogens (tertiary/aromatic N) is 1. The molecule has 3 rings (SSSR count). The Morgan fingerprint density at radius 2 is 2.00 bits per heavy atom. The number of aromatic nitrogens is 1. The van der Waals surface area contributed by atoms with E-state index in [2.05, 4.69) is 22.9 Å². The lowest BCUT2D eigenvalue weighted by Crippen LogP contribution is -2.37. The minimum absolute atomic E-state index is 0.0327. The highest BCUT2D eigenvalue weighted by Gasteiger charge is 2.15. The molecule has 0 bridgehead atoms. The first-order valence-electron chi connectivity index (χ1n) is 7.07. The van der Waals surface area contributed by atoms with E-state index in [0.717, 1.165) is 48.3 Å². The second-order valence-corrected chi connectivity index (χ2v) is 5.50. The molecule has 0 saturated carbocycles. The predicted molar refractivity (Wildman–Crippen MR) is 80.1 cm³/mol. The van der Waals surface area contributed by atoms with Crippen molar-refractivity contribution in [2.24, 2.45) is 0 Å². The lowest BCUT2D eigenvalue weighted by atomic mass is 10.0. The summed E-state index contributed by atoms with van der Waals surface area (Å²) in [5.74, 6) is 0. The van der Waals surface area contributed by atoms with Crippen molar-refractivity contribution < 1.29 is 4.74 Å². The Kier molecular flexibility index (Phi) is 3.59. The van der Waals surface area contributed by atoms with Crippen LogP contribution in [-0.2, 0) is 11.3 Å². The van der Waals surface area contributed by atoms with E-state index in [1.165, 1.54) is 5.56 Å². The molecule has 2 heterocycles. The van der Waals surface area contributed by atoms with E-state index in [4.69, 9.17) is 4.74 Å². The monoisotopic (exact) mass is 272 g/mol. The molecule has 1 aromatic heterocycles. The van der Waals surface area contributed by atoms with E-state index in [0.29, 0.717) is 6.54 Å². The summed E-state index contributed by atoms with van der Waals surface area (Å²) in [6.45, 7) is 8.12. The summed E-state index contributed by atoms with van der Waals surface area (Å²) in [7, 11) is 0. The van der Waals surface area contributed by atoms with Crippen LogP contribution in [0.2, 0.25) is 0 Å². The van der Waals surface area contributed by atoms with Crippen LogP contribution in [0.15, 0.2) is 23.0 Å². The van der Waals surface area contributed by atoms with Gasteiger partial charge in [-0.05, 0) is 31.5 Å². The van der Waals surface area contributed by atoms with Gasteiger partial charge in [-0.2, -0.15) is 0 Å². The summed E-state index contributed by atoms with van der Waals surface area (Å²) < 4.78 is 5.36. The SMILES string of the molecule is Cc1ccc2[nH]c(=O)c(CN3CCOCC3)c(C)c2c1. The van der Waals surface area contributed by atoms with E-state index < -0.39 is 0 Å². The molecule has 0 spiro atoms. The summed E-state index contributed by atoms with van der Waals surface area (Å²) >= 11 is 0. The number of hydrogen-bond donors (Lipinski definition) is 1. The summed E-state index contributed by atoms with van der Waals surface area (Å²) in [6.07, 6.45) is 0. The predicted octanol–water partition coefficient (Wildman–Crippen LogP) is 1.98. The van der Waals surface area contributed by atoms with Gasteiger partial charge in [-0.1, -0.05) is 11.6 Å². The van der Waals surface area contributed by atoms with E-state index >= 15 is 0 Å². The summed E-state index contributed by atoms with van der Waals surface area (Å²) in [5, 5.41) is 1.15. The molecule has 0 radical (unpaired) electrons. The van der Waals surface area contributed by atoms with Crippen LogP contribution in [0, 0.1) is 13.8 Å². The first kappa shape index (κ1) is 13.3. The van der Waals surface area contributed by atoms with E-state index in [1.54, 1.807) is 0 Å². The number of aromatic amines is 1. The van der Waals surface area contributed by atoms with Crippen LogP contribution in [-0.4, -0.2) is 36.2 Å². The topological polar surface area (TPSA) is 45.3 Å². The van der Waals surface area contributed by atoms with Crippen molar-refractivity contribution in [3.8, 4) is 0 Å². The number of morpholine rings is 1. The number of pyridine rings is 1. The summed E-state index contributed by atoms with van der Waals surface area (Å²) in [5.41, 5.74) is 4.14. The van der Waals surface area contributed by atoms with Gasteiger partial charge in [0, 0.05) is 36.1 Å². The molecule has 1 saturated heterocycles. The molecule has 106 valence electrons. The van der Waals surface area contributed by atoms with Crippen molar-refractivity contribution in [1.82, 2.24) is 9.88 Å². The number of hydrogen-bond acceptors (Lipinski definition) is 3. The molecule has 1 aliphatic rings. The molecule has 0 aliphatic carbocycles. The highest BCUT2D eigenvalue weighted by molar-refractivity contribution is 5.83. The van der Waals surface area contributed by atoms with E-state index in [9.17, 15) is 4.79 Å². The Morgan fingerprint density at radius 3 is 2.75 bits per heavy atom. The summed E-state index contributed by atoms with van der Waals surface area (Å²) in [4.78, 5) is 17.6. The Labute approximate surface area is 118 Å². The van der Waals surface area contributed by atoms with Gasteiger partial charge in [0.05, 0.1) is 13.2 Å². The molecule has 4 nitrogen and oxygen atoms in total. The number of aryl methyl sites for hydroxylation is 2. The van der Waals surface area contributed by atoms with Crippen LogP contribution in [0.25, 0.3) is 10.9 Å². The van der Waals surface area contributed by atoms with Crippen LogP contribution in [0.3, 0.4) is 0 Å². The van der Waals surface area contributed by atoms with Gasteiger partial charge in [0.2, 0.25) is 0 Å². The smallest absolute Gasteiger partial charge is 0.253 e. The molecule has 0 unspecified atom stereocenters. The Balaban J connectivity index is 2.03. The van der Waals surface area contributed by atoms with Gasteiger partial charge in [-0.25, -0.2) is 0 Å². The van der Waals surface area contributed by atoms with Gasteiger partial charge in [-0.15, -0.1) is 0 Å². The molecule has 0 amide bonds. The second kappa shape index (κ2) is 5.38. The molecule has 0 atom stereocenters. The second-order valence-electron chi connectivity index (χ2n) is 5.50. The van der Waals surface area contributed by atoms with Crippen LogP contribution >= 0.6 is 0 Å². The Bertz CT molecular complexity index is 685. The highest BCUT2D eigenvalue weighted by atomic mass is 16.5. The minimum Gasteiger partial charge on any atom is -0.379 e. The molecule has 1 aromatic carbocycles. The quantitative estimate of drug-likeness (QED) is 0.909. The normalized spacial score (nSPS) is 16.7. The van der Waals surface area contributed by atoms with Gasteiger partial charge in [0.25, 0.3) is 5.56 Å². The van der Waals surface area contributed by atoms with E-state index in [1.807, 2.05) is 19.1 Å². The fraction of sp³-hybridized carbons (Fsp3) is 0.438.